The van der Waals surface area contributed by atoms with Gasteiger partial charge in [0.15, 0.2) is 0 Å². The van der Waals surface area contributed by atoms with Crippen LogP contribution >= 0.6 is 11.8 Å². The summed E-state index contributed by atoms with van der Waals surface area (Å²) in [5.74, 6) is 0.281. The number of nitrogens with zero attached hydrogens (tertiary/aromatic N) is 1. The lowest BCUT2D eigenvalue weighted by atomic mass is 9.96. The Labute approximate surface area is 149 Å². The van der Waals surface area contributed by atoms with E-state index in [0.717, 1.165) is 19.3 Å². The standard InChI is InChI=1S/C19H28N2O2S/c1-14(2)24-18-6-4-16(5-7-18)8-11-20-19(23)17-9-12-21(13-10-17)15(3)22/h4-7,14,17H,8-13H2,1-3H3,(H,20,23). The molecule has 0 unspecified atom stereocenters. The van der Waals surface area contributed by atoms with Gasteiger partial charge in [-0.3, -0.25) is 9.59 Å². The van der Waals surface area contributed by atoms with E-state index in [1.165, 1.54) is 10.5 Å². The Balaban J connectivity index is 1.70. The minimum Gasteiger partial charge on any atom is -0.356 e. The second kappa shape index (κ2) is 9.11. The average Bonchev–Trinajstić information content (AvgIpc) is 2.56. The van der Waals surface area contributed by atoms with Crippen molar-refractivity contribution in [3.05, 3.63) is 29.8 Å². The van der Waals surface area contributed by atoms with Crippen molar-refractivity contribution in [3.8, 4) is 0 Å². The molecule has 24 heavy (non-hydrogen) atoms. The summed E-state index contributed by atoms with van der Waals surface area (Å²) in [7, 11) is 0. The van der Waals surface area contributed by atoms with Crippen molar-refractivity contribution in [2.75, 3.05) is 19.6 Å². The highest BCUT2D eigenvalue weighted by molar-refractivity contribution is 7.99. The fourth-order valence-corrected chi connectivity index (χ4v) is 3.78. The van der Waals surface area contributed by atoms with Crippen molar-refractivity contribution < 1.29 is 9.59 Å². The summed E-state index contributed by atoms with van der Waals surface area (Å²) in [6, 6.07) is 8.59. The van der Waals surface area contributed by atoms with E-state index in [4.69, 9.17) is 0 Å². The van der Waals surface area contributed by atoms with Gasteiger partial charge in [0, 0.05) is 42.6 Å². The number of amides is 2. The Morgan fingerprint density at radius 3 is 2.38 bits per heavy atom. The molecule has 1 aliphatic heterocycles. The van der Waals surface area contributed by atoms with Crippen LogP contribution in [0.2, 0.25) is 0 Å². The number of piperidine rings is 1. The van der Waals surface area contributed by atoms with E-state index in [0.29, 0.717) is 24.9 Å². The van der Waals surface area contributed by atoms with Crippen molar-refractivity contribution in [2.45, 2.75) is 50.2 Å². The van der Waals surface area contributed by atoms with Crippen LogP contribution in [0.4, 0.5) is 0 Å². The predicted molar refractivity (Wildman–Crippen MR) is 99.1 cm³/mol. The first-order valence-electron chi connectivity index (χ1n) is 8.74. The Kier molecular flexibility index (Phi) is 7.16. The highest BCUT2D eigenvalue weighted by Crippen LogP contribution is 2.23. The molecule has 5 heteroatoms. The zero-order valence-corrected chi connectivity index (χ0v) is 15.7. The number of benzene rings is 1. The normalized spacial score (nSPS) is 15.6. The molecule has 2 rings (SSSR count). The van der Waals surface area contributed by atoms with Gasteiger partial charge in [-0.25, -0.2) is 0 Å². The van der Waals surface area contributed by atoms with E-state index >= 15 is 0 Å². The summed E-state index contributed by atoms with van der Waals surface area (Å²) < 4.78 is 0. The molecule has 0 radical (unpaired) electrons. The highest BCUT2D eigenvalue weighted by atomic mass is 32.2. The SMILES string of the molecule is CC(=O)N1CCC(C(=O)NCCc2ccc(SC(C)C)cc2)CC1. The zero-order valence-electron chi connectivity index (χ0n) is 14.9. The summed E-state index contributed by atoms with van der Waals surface area (Å²) in [5.41, 5.74) is 1.25. The van der Waals surface area contributed by atoms with Crippen LogP contribution in [0.3, 0.4) is 0 Å². The van der Waals surface area contributed by atoms with E-state index in [9.17, 15) is 9.59 Å². The fraction of sp³-hybridized carbons (Fsp3) is 0.579. The number of likely N-dealkylation sites (tertiary alicyclic amines) is 1. The Morgan fingerprint density at radius 2 is 1.83 bits per heavy atom. The molecule has 1 aliphatic rings. The van der Waals surface area contributed by atoms with Crippen LogP contribution in [0.15, 0.2) is 29.2 Å². The monoisotopic (exact) mass is 348 g/mol. The number of nitrogens with one attached hydrogen (secondary N) is 1. The Morgan fingerprint density at radius 1 is 1.21 bits per heavy atom. The maximum atomic E-state index is 12.2. The number of carbonyl (C=O) groups is 2. The Bertz CT molecular complexity index is 549. The maximum Gasteiger partial charge on any atom is 0.223 e. The van der Waals surface area contributed by atoms with Crippen LogP contribution in [0.1, 0.15) is 39.2 Å². The molecule has 0 spiro atoms. The van der Waals surface area contributed by atoms with Gasteiger partial charge in [0.1, 0.15) is 0 Å². The minimum absolute atomic E-state index is 0.0467. The van der Waals surface area contributed by atoms with E-state index in [-0.39, 0.29) is 17.7 Å². The highest BCUT2D eigenvalue weighted by Gasteiger charge is 2.25. The maximum absolute atomic E-state index is 12.2. The van der Waals surface area contributed by atoms with Crippen molar-refractivity contribution in [2.24, 2.45) is 5.92 Å². The number of hydrogen-bond donors (Lipinski definition) is 1. The first kappa shape index (κ1) is 18.8. The van der Waals surface area contributed by atoms with Gasteiger partial charge in [0.2, 0.25) is 11.8 Å². The number of hydrogen-bond acceptors (Lipinski definition) is 3. The van der Waals surface area contributed by atoms with Gasteiger partial charge in [-0.1, -0.05) is 26.0 Å². The minimum atomic E-state index is 0.0467. The van der Waals surface area contributed by atoms with E-state index in [1.54, 1.807) is 6.92 Å². The molecule has 0 saturated carbocycles. The number of carbonyl (C=O) groups excluding carboxylic acids is 2. The van der Waals surface area contributed by atoms with Gasteiger partial charge < -0.3 is 10.2 Å². The molecular formula is C19H28N2O2S. The van der Waals surface area contributed by atoms with Gasteiger partial charge in [-0.05, 0) is 37.0 Å². The average molecular weight is 349 g/mol. The van der Waals surface area contributed by atoms with Crippen LogP contribution in [-0.2, 0) is 16.0 Å². The first-order chi connectivity index (χ1) is 11.5. The lowest BCUT2D eigenvalue weighted by molar-refractivity contribution is -0.133. The van der Waals surface area contributed by atoms with E-state index in [2.05, 4.69) is 43.4 Å². The van der Waals surface area contributed by atoms with Crippen LogP contribution in [0.5, 0.6) is 0 Å². The quantitative estimate of drug-likeness (QED) is 0.804. The van der Waals surface area contributed by atoms with Crippen molar-refractivity contribution in [1.82, 2.24) is 10.2 Å². The molecule has 0 aromatic heterocycles. The summed E-state index contributed by atoms with van der Waals surface area (Å²) in [6.07, 6.45) is 2.39. The molecule has 0 bridgehead atoms. The first-order valence-corrected chi connectivity index (χ1v) is 9.62. The summed E-state index contributed by atoms with van der Waals surface area (Å²) in [5, 5.41) is 3.63. The molecule has 1 aromatic rings. The smallest absolute Gasteiger partial charge is 0.223 e. The van der Waals surface area contributed by atoms with Crippen molar-refractivity contribution in [3.63, 3.8) is 0 Å². The van der Waals surface area contributed by atoms with Crippen LogP contribution in [-0.4, -0.2) is 41.6 Å². The molecule has 1 aromatic carbocycles. The fourth-order valence-electron chi connectivity index (χ4n) is 2.94. The molecule has 1 fully saturated rings. The molecule has 0 atom stereocenters. The third kappa shape index (κ3) is 5.86. The lowest BCUT2D eigenvalue weighted by Crippen LogP contribution is -2.42. The molecule has 132 valence electrons. The van der Waals surface area contributed by atoms with Crippen LogP contribution in [0.25, 0.3) is 0 Å². The largest absolute Gasteiger partial charge is 0.356 e. The van der Waals surface area contributed by atoms with Gasteiger partial charge >= 0.3 is 0 Å². The van der Waals surface area contributed by atoms with Gasteiger partial charge in [0.25, 0.3) is 0 Å². The van der Waals surface area contributed by atoms with Gasteiger partial charge in [-0.15, -0.1) is 11.8 Å². The van der Waals surface area contributed by atoms with Crippen molar-refractivity contribution >= 4 is 23.6 Å². The predicted octanol–water partition coefficient (Wildman–Crippen LogP) is 3.10. The number of thioether (sulfide) groups is 1. The molecule has 0 aliphatic carbocycles. The second-order valence-electron chi connectivity index (χ2n) is 6.63. The van der Waals surface area contributed by atoms with Crippen LogP contribution < -0.4 is 5.32 Å². The summed E-state index contributed by atoms with van der Waals surface area (Å²) in [4.78, 5) is 26.6. The summed E-state index contributed by atoms with van der Waals surface area (Å²) >= 11 is 1.86. The molecule has 1 heterocycles. The van der Waals surface area contributed by atoms with E-state index < -0.39 is 0 Å². The third-order valence-corrected chi connectivity index (χ3v) is 5.33. The molecule has 2 amide bonds. The molecule has 4 nitrogen and oxygen atoms in total. The van der Waals surface area contributed by atoms with Crippen LogP contribution in [0, 0.1) is 5.92 Å². The molecule has 1 N–H and O–H groups in total. The third-order valence-electron chi connectivity index (χ3n) is 4.32. The lowest BCUT2D eigenvalue weighted by Gasteiger charge is -2.30. The van der Waals surface area contributed by atoms with Gasteiger partial charge in [-0.2, -0.15) is 0 Å². The molecule has 1 saturated heterocycles. The topological polar surface area (TPSA) is 49.4 Å². The summed E-state index contributed by atoms with van der Waals surface area (Å²) in [6.45, 7) is 8.03. The van der Waals surface area contributed by atoms with Crippen molar-refractivity contribution in [1.29, 1.82) is 0 Å². The Hall–Kier alpha value is -1.49. The second-order valence-corrected chi connectivity index (χ2v) is 8.28. The van der Waals surface area contributed by atoms with E-state index in [1.807, 2.05) is 16.7 Å². The van der Waals surface area contributed by atoms with Gasteiger partial charge in [0.05, 0.1) is 0 Å². The zero-order chi connectivity index (χ0) is 17.5. The number of rotatable bonds is 6. The molecular weight excluding hydrogens is 320 g/mol.